The molecule has 1 aromatic heterocycles. The van der Waals surface area contributed by atoms with Gasteiger partial charge in [0.1, 0.15) is 4.88 Å². The first-order chi connectivity index (χ1) is 9.27. The zero-order valence-corrected chi connectivity index (χ0v) is 13.4. The zero-order valence-electron chi connectivity index (χ0n) is 12.6. The largest absolute Gasteiger partial charge is 0.397 e. The second-order valence-corrected chi connectivity index (χ2v) is 6.51. The maximum atomic E-state index is 11.9. The monoisotopic (exact) mass is 296 g/mol. The van der Waals surface area contributed by atoms with Crippen LogP contribution in [-0.2, 0) is 0 Å². The average molecular weight is 296 g/mol. The Bertz CT molecular complexity index is 480. The summed E-state index contributed by atoms with van der Waals surface area (Å²) in [7, 11) is 4.08. The Balaban J connectivity index is 2.70. The van der Waals surface area contributed by atoms with Gasteiger partial charge in [-0.15, -0.1) is 17.9 Å². The Morgan fingerprint density at radius 2 is 2.20 bits per heavy atom. The van der Waals surface area contributed by atoms with Crippen LogP contribution in [0.5, 0.6) is 0 Å². The summed E-state index contributed by atoms with van der Waals surface area (Å²) in [6.45, 7) is 9.07. The SMILES string of the molecule is C=CCNC(=O)c1sc(NCC(C)(C)N(C)C)cc1N. The maximum absolute atomic E-state index is 11.9. The van der Waals surface area contributed by atoms with E-state index in [0.29, 0.717) is 17.1 Å². The predicted molar refractivity (Wildman–Crippen MR) is 87.5 cm³/mol. The van der Waals surface area contributed by atoms with Crippen molar-refractivity contribution in [1.82, 2.24) is 10.2 Å². The van der Waals surface area contributed by atoms with Crippen LogP contribution in [0.2, 0.25) is 0 Å². The lowest BCUT2D eigenvalue weighted by Gasteiger charge is -2.32. The minimum Gasteiger partial charge on any atom is -0.397 e. The van der Waals surface area contributed by atoms with E-state index >= 15 is 0 Å². The van der Waals surface area contributed by atoms with Crippen molar-refractivity contribution in [1.29, 1.82) is 0 Å². The lowest BCUT2D eigenvalue weighted by molar-refractivity contribution is 0.0963. The first-order valence-electron chi connectivity index (χ1n) is 6.47. The van der Waals surface area contributed by atoms with E-state index in [0.717, 1.165) is 11.5 Å². The van der Waals surface area contributed by atoms with Crippen molar-refractivity contribution >= 4 is 27.9 Å². The Labute approximate surface area is 124 Å². The van der Waals surface area contributed by atoms with E-state index in [9.17, 15) is 4.79 Å². The molecular formula is C14H24N4OS. The number of nitrogens with two attached hydrogens (primary N) is 1. The highest BCUT2D eigenvalue weighted by atomic mass is 32.1. The average Bonchev–Trinajstić information content (AvgIpc) is 2.75. The van der Waals surface area contributed by atoms with Crippen LogP contribution in [0.3, 0.4) is 0 Å². The number of carbonyl (C=O) groups excluding carboxylic acids is 1. The molecule has 1 heterocycles. The molecule has 1 aromatic rings. The Kier molecular flexibility index (Phi) is 5.59. The van der Waals surface area contributed by atoms with Gasteiger partial charge >= 0.3 is 0 Å². The summed E-state index contributed by atoms with van der Waals surface area (Å²) in [5.41, 5.74) is 6.41. The Hall–Kier alpha value is -1.53. The van der Waals surface area contributed by atoms with Crippen molar-refractivity contribution in [3.63, 3.8) is 0 Å². The third kappa shape index (κ3) is 4.25. The van der Waals surface area contributed by atoms with Gasteiger partial charge < -0.3 is 21.3 Å². The standard InChI is InChI=1S/C14H24N4OS/c1-6-7-16-13(19)12-10(15)8-11(20-12)17-9-14(2,3)18(4)5/h6,8,17H,1,7,9,15H2,2-5H3,(H,16,19). The molecule has 4 N–H and O–H groups in total. The van der Waals surface area contributed by atoms with E-state index in [1.165, 1.54) is 11.3 Å². The predicted octanol–water partition coefficient (Wildman–Crippen LogP) is 2.00. The lowest BCUT2D eigenvalue weighted by Crippen LogP contribution is -2.44. The Morgan fingerprint density at radius 1 is 1.55 bits per heavy atom. The third-order valence-corrected chi connectivity index (χ3v) is 4.39. The molecule has 20 heavy (non-hydrogen) atoms. The van der Waals surface area contributed by atoms with Crippen molar-refractivity contribution < 1.29 is 4.79 Å². The Morgan fingerprint density at radius 3 is 2.75 bits per heavy atom. The summed E-state index contributed by atoms with van der Waals surface area (Å²) in [5, 5.41) is 6.97. The molecule has 6 heteroatoms. The summed E-state index contributed by atoms with van der Waals surface area (Å²) in [5.74, 6) is -0.160. The van der Waals surface area contributed by atoms with Gasteiger partial charge in [0.05, 0.1) is 10.7 Å². The number of nitrogen functional groups attached to an aromatic ring is 1. The second-order valence-electron chi connectivity index (χ2n) is 5.45. The number of amides is 1. The van der Waals surface area contributed by atoms with Crippen LogP contribution in [-0.4, -0.2) is 43.5 Å². The smallest absolute Gasteiger partial charge is 0.263 e. The molecule has 0 aromatic carbocycles. The van der Waals surface area contributed by atoms with E-state index in [4.69, 9.17) is 5.73 Å². The van der Waals surface area contributed by atoms with E-state index < -0.39 is 0 Å². The fraction of sp³-hybridized carbons (Fsp3) is 0.500. The zero-order chi connectivity index (χ0) is 15.3. The number of thiophene rings is 1. The van der Waals surface area contributed by atoms with E-state index in [-0.39, 0.29) is 11.4 Å². The van der Waals surface area contributed by atoms with Crippen molar-refractivity contribution in [2.24, 2.45) is 0 Å². The van der Waals surface area contributed by atoms with Crippen molar-refractivity contribution in [3.05, 3.63) is 23.6 Å². The van der Waals surface area contributed by atoms with Gasteiger partial charge in [-0.25, -0.2) is 0 Å². The summed E-state index contributed by atoms with van der Waals surface area (Å²) in [6, 6.07) is 1.80. The third-order valence-electron chi connectivity index (χ3n) is 3.28. The molecule has 0 aliphatic rings. The van der Waals surface area contributed by atoms with Gasteiger partial charge in [-0.05, 0) is 34.0 Å². The van der Waals surface area contributed by atoms with Crippen LogP contribution in [0.1, 0.15) is 23.5 Å². The molecule has 0 radical (unpaired) electrons. The number of rotatable bonds is 7. The van der Waals surface area contributed by atoms with Gasteiger partial charge in [0, 0.05) is 18.6 Å². The highest BCUT2D eigenvalue weighted by molar-refractivity contribution is 7.18. The summed E-state index contributed by atoms with van der Waals surface area (Å²) in [6.07, 6.45) is 1.64. The van der Waals surface area contributed by atoms with Gasteiger partial charge in [0.15, 0.2) is 0 Å². The van der Waals surface area contributed by atoms with Crippen LogP contribution < -0.4 is 16.4 Å². The number of likely N-dealkylation sites (N-methyl/N-ethyl adjacent to an activating group) is 1. The summed E-state index contributed by atoms with van der Waals surface area (Å²) in [4.78, 5) is 14.6. The van der Waals surface area contributed by atoms with Gasteiger partial charge in [-0.3, -0.25) is 4.79 Å². The van der Waals surface area contributed by atoms with Crippen LogP contribution in [0.15, 0.2) is 18.7 Å². The number of nitrogens with zero attached hydrogens (tertiary/aromatic N) is 1. The molecule has 112 valence electrons. The molecule has 0 atom stereocenters. The molecule has 5 nitrogen and oxygen atoms in total. The molecule has 1 rings (SSSR count). The molecule has 0 aliphatic heterocycles. The topological polar surface area (TPSA) is 70.4 Å². The number of hydrogen-bond acceptors (Lipinski definition) is 5. The van der Waals surface area contributed by atoms with E-state index in [1.54, 1.807) is 12.1 Å². The van der Waals surface area contributed by atoms with Crippen LogP contribution in [0.25, 0.3) is 0 Å². The molecule has 0 bridgehead atoms. The molecule has 0 saturated heterocycles. The minimum absolute atomic E-state index is 0.0179. The molecule has 1 amide bonds. The van der Waals surface area contributed by atoms with Crippen LogP contribution in [0.4, 0.5) is 10.7 Å². The number of nitrogens with one attached hydrogen (secondary N) is 2. The highest BCUT2D eigenvalue weighted by Gasteiger charge is 2.21. The number of hydrogen-bond donors (Lipinski definition) is 3. The van der Waals surface area contributed by atoms with Crippen molar-refractivity contribution in [3.8, 4) is 0 Å². The highest BCUT2D eigenvalue weighted by Crippen LogP contribution is 2.29. The van der Waals surface area contributed by atoms with E-state index in [2.05, 4.69) is 36.0 Å². The van der Waals surface area contributed by atoms with Gasteiger partial charge in [0.25, 0.3) is 5.91 Å². The van der Waals surface area contributed by atoms with Crippen LogP contribution in [0, 0.1) is 0 Å². The van der Waals surface area contributed by atoms with E-state index in [1.807, 2.05) is 14.1 Å². The van der Waals surface area contributed by atoms with Crippen molar-refractivity contribution in [2.75, 3.05) is 38.2 Å². The maximum Gasteiger partial charge on any atom is 0.263 e. The molecular weight excluding hydrogens is 272 g/mol. The van der Waals surface area contributed by atoms with Gasteiger partial charge in [-0.1, -0.05) is 6.08 Å². The molecule has 0 unspecified atom stereocenters. The van der Waals surface area contributed by atoms with Gasteiger partial charge in [0.2, 0.25) is 0 Å². The first-order valence-corrected chi connectivity index (χ1v) is 7.29. The first kappa shape index (κ1) is 16.5. The number of anilines is 2. The lowest BCUT2D eigenvalue weighted by atomic mass is 10.0. The fourth-order valence-corrected chi connectivity index (χ4v) is 2.27. The number of carbonyl (C=O) groups is 1. The molecule has 0 saturated carbocycles. The van der Waals surface area contributed by atoms with Crippen molar-refractivity contribution in [2.45, 2.75) is 19.4 Å². The second kappa shape index (κ2) is 6.76. The quantitative estimate of drug-likeness (QED) is 0.673. The summed E-state index contributed by atoms with van der Waals surface area (Å²) >= 11 is 1.37. The van der Waals surface area contributed by atoms with Crippen LogP contribution >= 0.6 is 11.3 Å². The summed E-state index contributed by atoms with van der Waals surface area (Å²) < 4.78 is 0. The minimum atomic E-state index is -0.160. The molecule has 0 spiro atoms. The molecule has 0 fully saturated rings. The normalized spacial score (nSPS) is 11.4. The molecule has 0 aliphatic carbocycles. The fourth-order valence-electron chi connectivity index (χ4n) is 1.38. The van der Waals surface area contributed by atoms with Gasteiger partial charge in [-0.2, -0.15) is 0 Å².